The monoisotopic (exact) mass is 471 g/mol. The van der Waals surface area contributed by atoms with Crippen LogP contribution in [0.15, 0.2) is 71.3 Å². The van der Waals surface area contributed by atoms with Gasteiger partial charge in [-0.2, -0.15) is 4.98 Å². The van der Waals surface area contributed by atoms with Crippen LogP contribution < -0.4 is 0 Å². The van der Waals surface area contributed by atoms with E-state index in [1.165, 1.54) is 5.56 Å². The summed E-state index contributed by atoms with van der Waals surface area (Å²) < 4.78 is 5.47. The molecule has 7 nitrogen and oxygen atoms in total. The Balaban J connectivity index is 1.03. The lowest BCUT2D eigenvalue weighted by atomic mass is 9.95. The lowest BCUT2D eigenvalue weighted by molar-refractivity contribution is -0.138. The molecular weight excluding hydrogens is 438 g/mol. The molecule has 0 N–H and O–H groups in total. The highest BCUT2D eigenvalue weighted by Crippen LogP contribution is 2.22. The van der Waals surface area contributed by atoms with Crippen molar-refractivity contribution in [3.8, 4) is 11.4 Å². The molecule has 1 amide bonds. The van der Waals surface area contributed by atoms with E-state index in [0.717, 1.165) is 64.2 Å². The zero-order valence-corrected chi connectivity index (χ0v) is 20.1. The number of amides is 1. The van der Waals surface area contributed by atoms with Crippen LogP contribution in [-0.2, 0) is 11.3 Å². The maximum absolute atomic E-state index is 13.1. The van der Waals surface area contributed by atoms with Crippen molar-refractivity contribution < 1.29 is 9.32 Å². The molecule has 0 radical (unpaired) electrons. The van der Waals surface area contributed by atoms with Gasteiger partial charge in [0.15, 0.2) is 0 Å². The number of hydrogen-bond donors (Lipinski definition) is 0. The molecule has 0 bridgehead atoms. The van der Waals surface area contributed by atoms with Crippen LogP contribution in [-0.4, -0.2) is 76.6 Å². The van der Waals surface area contributed by atoms with Crippen molar-refractivity contribution in [3.63, 3.8) is 0 Å². The highest BCUT2D eigenvalue weighted by molar-refractivity contribution is 5.79. The van der Waals surface area contributed by atoms with Crippen LogP contribution >= 0.6 is 0 Å². The molecule has 3 aromatic rings. The van der Waals surface area contributed by atoms with Crippen LogP contribution in [0.5, 0.6) is 0 Å². The van der Waals surface area contributed by atoms with Gasteiger partial charge in [-0.1, -0.05) is 78.0 Å². The van der Waals surface area contributed by atoms with Crippen LogP contribution in [0.3, 0.4) is 0 Å². The SMILES string of the molecule is O=C(C1CCN(Cc2nc(-c3ccccc3)no2)CC1)N1CCN(C/C=C/c2ccccc2)CC1. The number of aromatic nitrogens is 2. The minimum absolute atomic E-state index is 0.123. The van der Waals surface area contributed by atoms with Gasteiger partial charge in [-0.3, -0.25) is 14.6 Å². The summed E-state index contributed by atoms with van der Waals surface area (Å²) >= 11 is 0. The minimum atomic E-state index is 0.123. The van der Waals surface area contributed by atoms with Crippen LogP contribution in [0.4, 0.5) is 0 Å². The second kappa shape index (κ2) is 11.4. The molecule has 35 heavy (non-hydrogen) atoms. The second-order valence-electron chi connectivity index (χ2n) is 9.37. The van der Waals surface area contributed by atoms with E-state index < -0.39 is 0 Å². The Hall–Kier alpha value is -3.29. The van der Waals surface area contributed by atoms with Gasteiger partial charge < -0.3 is 9.42 Å². The zero-order chi connectivity index (χ0) is 23.9. The molecule has 2 aromatic carbocycles. The third-order valence-corrected chi connectivity index (χ3v) is 6.95. The summed E-state index contributed by atoms with van der Waals surface area (Å²) in [5.74, 6) is 1.71. The fourth-order valence-corrected chi connectivity index (χ4v) is 4.86. The van der Waals surface area contributed by atoms with E-state index in [1.807, 2.05) is 36.4 Å². The van der Waals surface area contributed by atoms with Crippen molar-refractivity contribution in [1.29, 1.82) is 0 Å². The molecule has 1 aromatic heterocycles. The van der Waals surface area contributed by atoms with Gasteiger partial charge in [-0.15, -0.1) is 0 Å². The van der Waals surface area contributed by atoms with Crippen molar-refractivity contribution in [2.45, 2.75) is 19.4 Å². The number of piperidine rings is 1. The van der Waals surface area contributed by atoms with Crippen molar-refractivity contribution in [2.24, 2.45) is 5.92 Å². The first-order chi connectivity index (χ1) is 17.2. The standard InChI is InChI=1S/C28H33N5O2/c34-28(33-20-18-31(19-21-33)15-7-10-23-8-3-1-4-9-23)25-13-16-32(17-14-25)22-26-29-27(30-35-26)24-11-5-2-6-12-24/h1-12,25H,13-22H2/b10-7+. The van der Waals surface area contributed by atoms with Gasteiger partial charge in [0.25, 0.3) is 0 Å². The average Bonchev–Trinajstić information content (AvgIpc) is 3.39. The van der Waals surface area contributed by atoms with Gasteiger partial charge >= 0.3 is 0 Å². The Morgan fingerprint density at radius 2 is 1.57 bits per heavy atom. The molecular formula is C28H33N5O2. The molecule has 2 fully saturated rings. The fraction of sp³-hybridized carbons (Fsp3) is 0.393. The van der Waals surface area contributed by atoms with Gasteiger partial charge in [-0.25, -0.2) is 0 Å². The first-order valence-corrected chi connectivity index (χ1v) is 12.6. The molecule has 0 atom stereocenters. The number of carbonyl (C=O) groups is 1. The molecule has 0 spiro atoms. The van der Waals surface area contributed by atoms with E-state index in [0.29, 0.717) is 24.2 Å². The summed E-state index contributed by atoms with van der Waals surface area (Å²) in [6.07, 6.45) is 6.16. The Morgan fingerprint density at radius 1 is 0.886 bits per heavy atom. The first-order valence-electron chi connectivity index (χ1n) is 12.6. The van der Waals surface area contributed by atoms with Crippen molar-refractivity contribution >= 4 is 12.0 Å². The molecule has 0 unspecified atom stereocenters. The predicted molar refractivity (Wildman–Crippen MR) is 136 cm³/mol. The van der Waals surface area contributed by atoms with Crippen LogP contribution in [0, 0.1) is 5.92 Å². The lowest BCUT2D eigenvalue weighted by Crippen LogP contribution is -2.51. The van der Waals surface area contributed by atoms with Gasteiger partial charge in [-0.05, 0) is 31.5 Å². The number of hydrogen-bond acceptors (Lipinski definition) is 6. The van der Waals surface area contributed by atoms with E-state index in [-0.39, 0.29) is 5.92 Å². The van der Waals surface area contributed by atoms with Gasteiger partial charge in [0.05, 0.1) is 6.54 Å². The zero-order valence-electron chi connectivity index (χ0n) is 20.1. The first kappa shape index (κ1) is 23.5. The summed E-state index contributed by atoms with van der Waals surface area (Å²) in [6, 6.07) is 20.2. The molecule has 2 aliphatic rings. The highest BCUT2D eigenvalue weighted by Gasteiger charge is 2.30. The highest BCUT2D eigenvalue weighted by atomic mass is 16.5. The summed E-state index contributed by atoms with van der Waals surface area (Å²) in [6.45, 7) is 6.83. The van der Waals surface area contributed by atoms with Gasteiger partial charge in [0.2, 0.25) is 17.6 Å². The van der Waals surface area contributed by atoms with E-state index in [2.05, 4.69) is 61.3 Å². The number of nitrogens with zero attached hydrogens (tertiary/aromatic N) is 5. The van der Waals surface area contributed by atoms with E-state index in [9.17, 15) is 4.79 Å². The van der Waals surface area contributed by atoms with Crippen molar-refractivity contribution in [1.82, 2.24) is 24.8 Å². The third kappa shape index (κ3) is 6.24. The molecule has 3 heterocycles. The van der Waals surface area contributed by atoms with E-state index in [4.69, 9.17) is 4.52 Å². The summed E-state index contributed by atoms with van der Waals surface area (Å²) in [4.78, 5) is 24.5. The number of carbonyl (C=O) groups excluding carboxylic acids is 1. The Kier molecular flexibility index (Phi) is 7.66. The van der Waals surface area contributed by atoms with E-state index in [1.54, 1.807) is 0 Å². The Morgan fingerprint density at radius 3 is 2.29 bits per heavy atom. The number of piperazine rings is 1. The maximum atomic E-state index is 13.1. The van der Waals surface area contributed by atoms with Gasteiger partial charge in [0.1, 0.15) is 0 Å². The summed E-state index contributed by atoms with van der Waals surface area (Å²) in [7, 11) is 0. The molecule has 182 valence electrons. The molecule has 2 saturated heterocycles. The molecule has 5 rings (SSSR count). The van der Waals surface area contributed by atoms with Crippen molar-refractivity contribution in [3.05, 3.63) is 78.2 Å². The fourth-order valence-electron chi connectivity index (χ4n) is 4.86. The molecule has 0 aliphatic carbocycles. The summed E-state index contributed by atoms with van der Waals surface area (Å²) in [5.41, 5.74) is 2.18. The van der Waals surface area contributed by atoms with Crippen LogP contribution in [0.25, 0.3) is 17.5 Å². The van der Waals surface area contributed by atoms with Gasteiger partial charge in [0, 0.05) is 44.2 Å². The van der Waals surface area contributed by atoms with E-state index >= 15 is 0 Å². The second-order valence-corrected chi connectivity index (χ2v) is 9.37. The smallest absolute Gasteiger partial charge is 0.241 e. The Bertz CT molecular complexity index is 1100. The molecule has 2 aliphatic heterocycles. The number of likely N-dealkylation sites (tertiary alicyclic amines) is 1. The van der Waals surface area contributed by atoms with Crippen molar-refractivity contribution in [2.75, 3.05) is 45.8 Å². The quantitative estimate of drug-likeness (QED) is 0.522. The lowest BCUT2D eigenvalue weighted by Gasteiger charge is -2.38. The largest absolute Gasteiger partial charge is 0.340 e. The minimum Gasteiger partial charge on any atom is -0.340 e. The van der Waals surface area contributed by atoms with Crippen LogP contribution in [0.1, 0.15) is 24.3 Å². The maximum Gasteiger partial charge on any atom is 0.241 e. The number of rotatable bonds is 7. The average molecular weight is 472 g/mol. The number of benzene rings is 2. The van der Waals surface area contributed by atoms with Crippen LogP contribution in [0.2, 0.25) is 0 Å². The normalized spacial score (nSPS) is 18.3. The Labute approximate surface area is 207 Å². The topological polar surface area (TPSA) is 65.7 Å². The molecule has 0 saturated carbocycles. The summed E-state index contributed by atoms with van der Waals surface area (Å²) in [5, 5.41) is 4.11. The third-order valence-electron chi connectivity index (χ3n) is 6.95. The predicted octanol–water partition coefficient (Wildman–Crippen LogP) is 3.81. The molecule has 7 heteroatoms.